The molecule has 1 saturated heterocycles. The Kier molecular flexibility index (Phi) is 3.98. The molecule has 2 fully saturated rings. The van der Waals surface area contributed by atoms with Crippen molar-refractivity contribution in [2.75, 3.05) is 6.54 Å². The predicted octanol–water partition coefficient (Wildman–Crippen LogP) is 1.58. The number of aromatic nitrogens is 1. The van der Waals surface area contributed by atoms with Crippen LogP contribution in [0.3, 0.4) is 0 Å². The Balaban J connectivity index is 1.64. The number of hydrazine groups is 1. The van der Waals surface area contributed by atoms with Gasteiger partial charge in [-0.15, -0.1) is 0 Å². The molecule has 2 aliphatic rings. The summed E-state index contributed by atoms with van der Waals surface area (Å²) in [5, 5.41) is 0. The van der Waals surface area contributed by atoms with Crippen LogP contribution in [0.15, 0.2) is 24.4 Å². The van der Waals surface area contributed by atoms with Crippen molar-refractivity contribution >= 4 is 5.97 Å². The van der Waals surface area contributed by atoms with Crippen molar-refractivity contribution < 1.29 is 9.53 Å². The van der Waals surface area contributed by atoms with Crippen LogP contribution < -0.4 is 10.9 Å². The Morgan fingerprint density at radius 2 is 2.35 bits per heavy atom. The van der Waals surface area contributed by atoms with E-state index in [1.807, 2.05) is 25.1 Å². The van der Waals surface area contributed by atoms with Crippen molar-refractivity contribution in [3.05, 3.63) is 30.1 Å². The third kappa shape index (κ3) is 2.69. The molecular weight excluding hydrogens is 254 g/mol. The minimum Gasteiger partial charge on any atom is -0.456 e. The fourth-order valence-electron chi connectivity index (χ4n) is 3.25. The highest BCUT2D eigenvalue weighted by Gasteiger charge is 2.41. The minimum atomic E-state index is -0.293. The van der Waals surface area contributed by atoms with Crippen LogP contribution in [0, 0.1) is 11.8 Å². The average molecular weight is 275 g/mol. The normalized spacial score (nSPS) is 30.6. The average Bonchev–Trinajstić information content (AvgIpc) is 2.96. The van der Waals surface area contributed by atoms with Gasteiger partial charge in [0.05, 0.1) is 11.6 Å². The second-order valence-corrected chi connectivity index (χ2v) is 5.68. The first-order valence-electron chi connectivity index (χ1n) is 7.35. The van der Waals surface area contributed by atoms with Crippen LogP contribution in [-0.2, 0) is 9.53 Å². The zero-order valence-electron chi connectivity index (χ0n) is 11.7. The van der Waals surface area contributed by atoms with Gasteiger partial charge in [0, 0.05) is 18.8 Å². The minimum absolute atomic E-state index is 0.0464. The first kappa shape index (κ1) is 13.5. The van der Waals surface area contributed by atoms with Gasteiger partial charge in [0.2, 0.25) is 0 Å². The summed E-state index contributed by atoms with van der Waals surface area (Å²) in [7, 11) is 0. The lowest BCUT2D eigenvalue weighted by atomic mass is 9.78. The number of hydrogen-bond donors (Lipinski definition) is 2. The van der Waals surface area contributed by atoms with E-state index in [0.717, 1.165) is 25.1 Å². The molecule has 0 spiro atoms. The van der Waals surface area contributed by atoms with E-state index >= 15 is 0 Å². The molecule has 4 atom stereocenters. The maximum atomic E-state index is 12.4. The topological polar surface area (TPSA) is 63.2 Å². The summed E-state index contributed by atoms with van der Waals surface area (Å²) in [6, 6.07) is 5.87. The predicted molar refractivity (Wildman–Crippen MR) is 74.5 cm³/mol. The van der Waals surface area contributed by atoms with E-state index < -0.39 is 0 Å². The van der Waals surface area contributed by atoms with E-state index in [2.05, 4.69) is 15.8 Å². The van der Waals surface area contributed by atoms with Crippen LogP contribution in [0.5, 0.6) is 0 Å². The van der Waals surface area contributed by atoms with E-state index in [4.69, 9.17) is 4.74 Å². The molecule has 1 aromatic rings. The van der Waals surface area contributed by atoms with Gasteiger partial charge in [0.15, 0.2) is 0 Å². The third-order valence-electron chi connectivity index (χ3n) is 4.36. The van der Waals surface area contributed by atoms with Crippen LogP contribution in [0.4, 0.5) is 0 Å². The molecule has 2 N–H and O–H groups in total. The number of carbonyl (C=O) groups is 1. The maximum Gasteiger partial charge on any atom is 0.311 e. The summed E-state index contributed by atoms with van der Waals surface area (Å²) in [4.78, 5) is 16.6. The van der Waals surface area contributed by atoms with Crippen molar-refractivity contribution in [2.45, 2.75) is 38.3 Å². The van der Waals surface area contributed by atoms with E-state index in [1.54, 1.807) is 6.20 Å². The van der Waals surface area contributed by atoms with Gasteiger partial charge in [0.25, 0.3) is 0 Å². The van der Waals surface area contributed by atoms with Gasteiger partial charge >= 0.3 is 5.97 Å². The molecule has 1 saturated carbocycles. The quantitative estimate of drug-likeness (QED) is 0.820. The molecule has 0 amide bonds. The molecule has 5 nitrogen and oxygen atoms in total. The Morgan fingerprint density at radius 1 is 1.45 bits per heavy atom. The Bertz CT molecular complexity index is 465. The second-order valence-electron chi connectivity index (χ2n) is 5.68. The van der Waals surface area contributed by atoms with Gasteiger partial charge in [0.1, 0.15) is 6.10 Å². The number of nitrogens with zero attached hydrogens (tertiary/aromatic N) is 1. The fraction of sp³-hybridized carbons (Fsp3) is 0.600. The molecule has 1 aromatic heterocycles. The lowest BCUT2D eigenvalue weighted by Crippen LogP contribution is -2.44. The molecule has 1 aliphatic carbocycles. The number of esters is 1. The lowest BCUT2D eigenvalue weighted by molar-refractivity contribution is -0.156. The summed E-state index contributed by atoms with van der Waals surface area (Å²) in [5.74, 6) is 0.399. The SMILES string of the molecule is CC(OC(=O)C1CCCC2CNNC21)c1ccccn1. The molecule has 1 aliphatic heterocycles. The van der Waals surface area contributed by atoms with Gasteiger partial charge in [-0.3, -0.25) is 20.6 Å². The van der Waals surface area contributed by atoms with E-state index in [-0.39, 0.29) is 24.0 Å². The molecule has 108 valence electrons. The molecule has 2 heterocycles. The zero-order chi connectivity index (χ0) is 13.9. The molecule has 4 unspecified atom stereocenters. The summed E-state index contributed by atoms with van der Waals surface area (Å²) >= 11 is 0. The number of rotatable bonds is 3. The number of nitrogens with one attached hydrogen (secondary N) is 2. The van der Waals surface area contributed by atoms with Crippen LogP contribution >= 0.6 is 0 Å². The highest BCUT2D eigenvalue weighted by atomic mass is 16.5. The summed E-state index contributed by atoms with van der Waals surface area (Å²) in [6.45, 7) is 2.82. The summed E-state index contributed by atoms with van der Waals surface area (Å²) in [5.41, 5.74) is 7.20. The Hall–Kier alpha value is -1.46. The van der Waals surface area contributed by atoms with Gasteiger partial charge < -0.3 is 4.74 Å². The summed E-state index contributed by atoms with van der Waals surface area (Å²) < 4.78 is 5.61. The van der Waals surface area contributed by atoms with Crippen LogP contribution in [-0.4, -0.2) is 23.5 Å². The van der Waals surface area contributed by atoms with Crippen molar-refractivity contribution in [3.8, 4) is 0 Å². The molecule has 20 heavy (non-hydrogen) atoms. The summed E-state index contributed by atoms with van der Waals surface area (Å²) in [6.07, 6.45) is 4.62. The van der Waals surface area contributed by atoms with Crippen molar-refractivity contribution in [1.29, 1.82) is 0 Å². The van der Waals surface area contributed by atoms with Crippen LogP contribution in [0.2, 0.25) is 0 Å². The number of pyridine rings is 1. The third-order valence-corrected chi connectivity index (χ3v) is 4.36. The highest BCUT2D eigenvalue weighted by Crippen LogP contribution is 2.33. The number of hydrogen-bond acceptors (Lipinski definition) is 5. The Morgan fingerprint density at radius 3 is 3.15 bits per heavy atom. The molecule has 0 radical (unpaired) electrons. The van der Waals surface area contributed by atoms with E-state index in [9.17, 15) is 4.79 Å². The largest absolute Gasteiger partial charge is 0.456 e. The lowest BCUT2D eigenvalue weighted by Gasteiger charge is -2.31. The maximum absolute atomic E-state index is 12.4. The van der Waals surface area contributed by atoms with E-state index in [0.29, 0.717) is 5.92 Å². The smallest absolute Gasteiger partial charge is 0.311 e. The van der Waals surface area contributed by atoms with Gasteiger partial charge in [-0.2, -0.15) is 0 Å². The van der Waals surface area contributed by atoms with Crippen molar-refractivity contribution in [1.82, 2.24) is 15.8 Å². The molecular formula is C15H21N3O2. The molecule has 3 rings (SSSR count). The van der Waals surface area contributed by atoms with Crippen LogP contribution in [0.25, 0.3) is 0 Å². The van der Waals surface area contributed by atoms with E-state index in [1.165, 1.54) is 6.42 Å². The molecule has 0 bridgehead atoms. The first-order valence-corrected chi connectivity index (χ1v) is 7.35. The highest BCUT2D eigenvalue weighted by molar-refractivity contribution is 5.74. The Labute approximate surface area is 119 Å². The fourth-order valence-corrected chi connectivity index (χ4v) is 3.25. The van der Waals surface area contributed by atoms with Gasteiger partial charge in [-0.1, -0.05) is 12.5 Å². The molecule has 5 heteroatoms. The van der Waals surface area contributed by atoms with Crippen molar-refractivity contribution in [2.24, 2.45) is 11.8 Å². The van der Waals surface area contributed by atoms with Gasteiger partial charge in [-0.05, 0) is 37.8 Å². The monoisotopic (exact) mass is 275 g/mol. The number of ether oxygens (including phenoxy) is 1. The van der Waals surface area contributed by atoms with Crippen LogP contribution in [0.1, 0.15) is 38.0 Å². The number of fused-ring (bicyclic) bond motifs is 1. The number of carbonyl (C=O) groups excluding carboxylic acids is 1. The first-order chi connectivity index (χ1) is 9.75. The second kappa shape index (κ2) is 5.89. The zero-order valence-corrected chi connectivity index (χ0v) is 11.7. The standard InChI is InChI=1S/C15H21N3O2/c1-10(13-7-2-3-8-16-13)20-15(19)12-6-4-5-11-9-17-18-14(11)12/h2-3,7-8,10-12,14,17-18H,4-6,9H2,1H3. The van der Waals surface area contributed by atoms with Gasteiger partial charge in [-0.25, -0.2) is 0 Å². The van der Waals surface area contributed by atoms with Crippen molar-refractivity contribution in [3.63, 3.8) is 0 Å². The molecule has 0 aromatic carbocycles.